The van der Waals surface area contributed by atoms with Crippen molar-refractivity contribution >= 4 is 0 Å². The quantitative estimate of drug-likeness (QED) is 0.642. The lowest BCUT2D eigenvalue weighted by Gasteiger charge is -2.29. The predicted molar refractivity (Wildman–Crippen MR) is 53.1 cm³/mol. The highest BCUT2D eigenvalue weighted by molar-refractivity contribution is 4.98. The fourth-order valence-corrected chi connectivity index (χ4v) is 1.82. The van der Waals surface area contributed by atoms with E-state index in [-0.39, 0.29) is 0 Å². The molecule has 0 radical (unpaired) electrons. The van der Waals surface area contributed by atoms with Gasteiger partial charge in [0, 0.05) is 19.1 Å². The lowest BCUT2D eigenvalue weighted by molar-refractivity contribution is 0.231. The zero-order chi connectivity index (χ0) is 8.81. The van der Waals surface area contributed by atoms with E-state index >= 15 is 0 Å². The molecule has 12 heavy (non-hydrogen) atoms. The van der Waals surface area contributed by atoms with Crippen molar-refractivity contribution < 1.29 is 0 Å². The molecule has 1 aliphatic rings. The van der Waals surface area contributed by atoms with Gasteiger partial charge in [-0.25, -0.2) is 0 Å². The maximum absolute atomic E-state index is 5.55. The molecule has 0 bridgehead atoms. The average molecular weight is 168 g/mol. The second kappa shape index (κ2) is 5.33. The zero-order valence-corrected chi connectivity index (χ0v) is 8.00. The molecule has 0 aromatic heterocycles. The van der Waals surface area contributed by atoms with Crippen LogP contribution in [0.2, 0.25) is 0 Å². The van der Waals surface area contributed by atoms with E-state index in [1.165, 1.54) is 19.3 Å². The molecule has 0 fully saturated rings. The number of likely N-dealkylation sites (N-methyl/N-ethyl adjacent to an activating group) is 1. The maximum atomic E-state index is 5.55. The molecular formula is C10H20N2. The van der Waals surface area contributed by atoms with Gasteiger partial charge >= 0.3 is 0 Å². The molecule has 0 aliphatic heterocycles. The summed E-state index contributed by atoms with van der Waals surface area (Å²) in [5.41, 5.74) is 5.55. The summed E-state index contributed by atoms with van der Waals surface area (Å²) in [6.45, 7) is 5.13. The fraction of sp³-hybridized carbons (Fsp3) is 0.800. The molecule has 1 aliphatic carbocycles. The van der Waals surface area contributed by atoms with Gasteiger partial charge in [0.05, 0.1) is 0 Å². The highest BCUT2D eigenvalue weighted by Crippen LogP contribution is 2.15. The second-order valence-electron chi connectivity index (χ2n) is 3.34. The molecule has 0 aromatic rings. The lowest BCUT2D eigenvalue weighted by atomic mass is 10.0. The van der Waals surface area contributed by atoms with E-state index in [1.54, 1.807) is 0 Å². The average Bonchev–Trinajstić information content (AvgIpc) is 2.15. The molecule has 0 saturated heterocycles. The van der Waals surface area contributed by atoms with Gasteiger partial charge in [0.25, 0.3) is 0 Å². The first kappa shape index (κ1) is 9.75. The number of rotatable bonds is 4. The van der Waals surface area contributed by atoms with Crippen LogP contribution in [-0.2, 0) is 0 Å². The first-order valence-corrected chi connectivity index (χ1v) is 4.99. The molecule has 2 N–H and O–H groups in total. The Bertz CT molecular complexity index is 143. The molecule has 70 valence electrons. The first-order chi connectivity index (χ1) is 5.88. The van der Waals surface area contributed by atoms with Gasteiger partial charge in [-0.3, -0.25) is 4.90 Å². The van der Waals surface area contributed by atoms with Crippen molar-refractivity contribution in [3.05, 3.63) is 12.2 Å². The third-order valence-electron chi connectivity index (χ3n) is 2.52. The van der Waals surface area contributed by atoms with Crippen LogP contribution in [0.4, 0.5) is 0 Å². The summed E-state index contributed by atoms with van der Waals surface area (Å²) in [6, 6.07) is 0.660. The molecule has 2 nitrogen and oxygen atoms in total. The highest BCUT2D eigenvalue weighted by atomic mass is 15.1. The molecule has 1 unspecified atom stereocenters. The SMILES string of the molecule is CCN(CCN)C1C=CCCC1. The Hall–Kier alpha value is -0.340. The van der Waals surface area contributed by atoms with Crippen molar-refractivity contribution in [1.82, 2.24) is 4.90 Å². The molecular weight excluding hydrogens is 148 g/mol. The number of nitrogens with zero attached hydrogens (tertiary/aromatic N) is 1. The van der Waals surface area contributed by atoms with Crippen LogP contribution in [0.5, 0.6) is 0 Å². The fourth-order valence-electron chi connectivity index (χ4n) is 1.82. The first-order valence-electron chi connectivity index (χ1n) is 4.99. The summed E-state index contributed by atoms with van der Waals surface area (Å²) >= 11 is 0. The number of hydrogen-bond acceptors (Lipinski definition) is 2. The largest absolute Gasteiger partial charge is 0.329 e. The standard InChI is InChI=1S/C10H20N2/c1-2-12(9-8-11)10-6-4-3-5-7-10/h4,6,10H,2-3,5,7-9,11H2,1H3. The van der Waals surface area contributed by atoms with E-state index < -0.39 is 0 Å². The van der Waals surface area contributed by atoms with E-state index in [0.29, 0.717) is 6.04 Å². The molecule has 0 spiro atoms. The Kier molecular flexibility index (Phi) is 4.33. The smallest absolute Gasteiger partial charge is 0.0278 e. The lowest BCUT2D eigenvalue weighted by Crippen LogP contribution is -2.38. The number of allylic oxidation sites excluding steroid dienone is 1. The molecule has 1 rings (SSSR count). The van der Waals surface area contributed by atoms with Crippen LogP contribution in [0.1, 0.15) is 26.2 Å². The Morgan fingerprint density at radius 3 is 2.92 bits per heavy atom. The summed E-state index contributed by atoms with van der Waals surface area (Å²) in [5, 5.41) is 0. The number of hydrogen-bond donors (Lipinski definition) is 1. The van der Waals surface area contributed by atoms with E-state index in [2.05, 4.69) is 24.0 Å². The third kappa shape index (κ3) is 2.61. The van der Waals surface area contributed by atoms with Crippen molar-refractivity contribution in [3.8, 4) is 0 Å². The van der Waals surface area contributed by atoms with Gasteiger partial charge in [-0.2, -0.15) is 0 Å². The monoisotopic (exact) mass is 168 g/mol. The van der Waals surface area contributed by atoms with Gasteiger partial charge in [0.15, 0.2) is 0 Å². The van der Waals surface area contributed by atoms with Crippen LogP contribution in [0.25, 0.3) is 0 Å². The topological polar surface area (TPSA) is 29.3 Å². The van der Waals surface area contributed by atoms with Crippen molar-refractivity contribution in [1.29, 1.82) is 0 Å². The predicted octanol–water partition coefficient (Wildman–Crippen LogP) is 1.38. The Balaban J connectivity index is 2.40. The van der Waals surface area contributed by atoms with E-state index in [4.69, 9.17) is 5.73 Å². The zero-order valence-electron chi connectivity index (χ0n) is 8.00. The Labute approximate surface area is 75.4 Å². The minimum Gasteiger partial charge on any atom is -0.329 e. The van der Waals surface area contributed by atoms with Gasteiger partial charge in [0.2, 0.25) is 0 Å². The summed E-state index contributed by atoms with van der Waals surface area (Å²) in [6.07, 6.45) is 8.54. The highest BCUT2D eigenvalue weighted by Gasteiger charge is 2.14. The normalized spacial score (nSPS) is 23.4. The second-order valence-corrected chi connectivity index (χ2v) is 3.34. The summed E-state index contributed by atoms with van der Waals surface area (Å²) in [7, 11) is 0. The molecule has 0 saturated carbocycles. The Morgan fingerprint density at radius 2 is 2.42 bits per heavy atom. The van der Waals surface area contributed by atoms with Crippen LogP contribution >= 0.6 is 0 Å². The summed E-state index contributed by atoms with van der Waals surface area (Å²) in [4.78, 5) is 2.45. The van der Waals surface area contributed by atoms with Gasteiger partial charge in [-0.1, -0.05) is 19.1 Å². The van der Waals surface area contributed by atoms with Gasteiger partial charge in [0.1, 0.15) is 0 Å². The van der Waals surface area contributed by atoms with E-state index in [1.807, 2.05) is 0 Å². The molecule has 0 amide bonds. The van der Waals surface area contributed by atoms with Gasteiger partial charge < -0.3 is 5.73 Å². The van der Waals surface area contributed by atoms with Crippen molar-refractivity contribution in [3.63, 3.8) is 0 Å². The minimum absolute atomic E-state index is 0.660. The minimum atomic E-state index is 0.660. The van der Waals surface area contributed by atoms with Gasteiger partial charge in [-0.15, -0.1) is 0 Å². The van der Waals surface area contributed by atoms with Crippen LogP contribution in [-0.4, -0.2) is 30.6 Å². The van der Waals surface area contributed by atoms with E-state index in [9.17, 15) is 0 Å². The number of nitrogens with two attached hydrogens (primary N) is 1. The van der Waals surface area contributed by atoms with Crippen molar-refractivity contribution in [2.24, 2.45) is 5.73 Å². The van der Waals surface area contributed by atoms with Crippen molar-refractivity contribution in [2.45, 2.75) is 32.2 Å². The molecule has 1 atom stereocenters. The maximum Gasteiger partial charge on any atom is 0.0278 e. The van der Waals surface area contributed by atoms with Crippen LogP contribution in [0.15, 0.2) is 12.2 Å². The van der Waals surface area contributed by atoms with E-state index in [0.717, 1.165) is 19.6 Å². The summed E-state index contributed by atoms with van der Waals surface area (Å²) < 4.78 is 0. The van der Waals surface area contributed by atoms with Crippen LogP contribution < -0.4 is 5.73 Å². The summed E-state index contributed by atoms with van der Waals surface area (Å²) in [5.74, 6) is 0. The van der Waals surface area contributed by atoms with Gasteiger partial charge in [-0.05, 0) is 25.8 Å². The van der Waals surface area contributed by atoms with Crippen LogP contribution in [0.3, 0.4) is 0 Å². The molecule has 0 aromatic carbocycles. The third-order valence-corrected chi connectivity index (χ3v) is 2.52. The molecule has 0 heterocycles. The molecule has 2 heteroatoms. The van der Waals surface area contributed by atoms with Crippen LogP contribution in [0, 0.1) is 0 Å². The van der Waals surface area contributed by atoms with Crippen molar-refractivity contribution in [2.75, 3.05) is 19.6 Å². The Morgan fingerprint density at radius 1 is 1.58 bits per heavy atom.